The van der Waals surface area contributed by atoms with E-state index in [9.17, 15) is 0 Å². The van der Waals surface area contributed by atoms with Crippen LogP contribution in [0.15, 0.2) is 203 Å². The molecule has 10 aromatic rings. The van der Waals surface area contributed by atoms with Gasteiger partial charge in [0.1, 0.15) is 11.5 Å². The maximum absolute atomic E-state index is 6.19. The molecule has 0 spiro atoms. The first-order valence-electron chi connectivity index (χ1n) is 21.4. The summed E-state index contributed by atoms with van der Waals surface area (Å²) >= 11 is 0. The Labute approximate surface area is 403 Å². The molecule has 0 bridgehead atoms. The van der Waals surface area contributed by atoms with E-state index < -0.39 is 0 Å². The molecule has 312 valence electrons. The van der Waals surface area contributed by atoms with Gasteiger partial charge in [0.05, 0.1) is 11.5 Å². The van der Waals surface area contributed by atoms with Crippen LogP contribution < -0.4 is 24.8 Å². The summed E-state index contributed by atoms with van der Waals surface area (Å²) in [5.41, 5.74) is 12.3. The third kappa shape index (κ3) is 10.2. The van der Waals surface area contributed by atoms with Gasteiger partial charge < -0.3 is 33.6 Å². The number of fused-ring (bicyclic) bond motifs is 2. The molecule has 2 atom stereocenters. The van der Waals surface area contributed by atoms with Crippen LogP contribution in [0.25, 0.3) is 89.1 Å². The van der Waals surface area contributed by atoms with Crippen molar-refractivity contribution in [2.75, 3.05) is 0 Å². The molecule has 0 fully saturated rings. The minimum Gasteiger partial charge on any atom is -1.00 e. The average Bonchev–Trinajstić information content (AvgIpc) is 4.15. The van der Waals surface area contributed by atoms with Crippen molar-refractivity contribution in [1.29, 1.82) is 0 Å². The van der Waals surface area contributed by atoms with Crippen LogP contribution >= 0.6 is 0 Å². The van der Waals surface area contributed by atoms with Gasteiger partial charge in [0.25, 0.3) is 0 Å². The maximum Gasteiger partial charge on any atom is 4.00 e. The van der Waals surface area contributed by atoms with Gasteiger partial charge in [0, 0.05) is 11.1 Å². The van der Waals surface area contributed by atoms with Gasteiger partial charge in [0.2, 0.25) is 0 Å². The normalized spacial score (nSPS) is 11.7. The van der Waals surface area contributed by atoms with Crippen molar-refractivity contribution in [2.24, 2.45) is 0 Å². The van der Waals surface area contributed by atoms with Crippen molar-refractivity contribution < 1.29 is 59.9 Å². The zero-order valence-electron chi connectivity index (χ0n) is 36.1. The summed E-state index contributed by atoms with van der Waals surface area (Å²) in [6, 6.07) is 68.8. The second-order valence-corrected chi connectivity index (χ2v) is 16.0. The molecule has 2 aromatic heterocycles. The minimum atomic E-state index is 0. The Morgan fingerprint density at radius 2 is 0.762 bits per heavy atom. The van der Waals surface area contributed by atoms with Crippen molar-refractivity contribution in [1.82, 2.24) is 0 Å². The van der Waals surface area contributed by atoms with E-state index >= 15 is 0 Å². The molecule has 0 saturated carbocycles. The van der Waals surface area contributed by atoms with Gasteiger partial charge in [-0.05, 0) is 71.2 Å². The number of furan rings is 2. The molecule has 2 heterocycles. The summed E-state index contributed by atoms with van der Waals surface area (Å²) < 4.78 is 12.4. The van der Waals surface area contributed by atoms with Gasteiger partial charge in [0.15, 0.2) is 0 Å². The number of hydrogen-bond donors (Lipinski definition) is 0. The van der Waals surface area contributed by atoms with Gasteiger partial charge in [-0.2, -0.15) is 0 Å². The quantitative estimate of drug-likeness (QED) is 0.128. The van der Waals surface area contributed by atoms with Gasteiger partial charge in [-0.3, -0.25) is 0 Å². The first-order chi connectivity index (χ1) is 29.4. The number of rotatable bonds is 10. The van der Waals surface area contributed by atoms with Crippen LogP contribution in [0.1, 0.15) is 63.5 Å². The van der Waals surface area contributed by atoms with Crippen molar-refractivity contribution in [3.05, 3.63) is 205 Å². The SMILES string of the molecule is CCC(C)c1ccc(-c2cccc3[cH-]c(-c4ccc(-c5ccccc5)o4)cc23)cc1.CCC(C)c1ccc(-c2cccc3[cH-]c(-c4ccc(-c5ccccc5)o4)cc23)cc1.[Cl-].[Cl-].[Zr+4]. The Morgan fingerprint density at radius 1 is 0.397 bits per heavy atom. The molecule has 2 nitrogen and oxygen atoms in total. The molecule has 2 unspecified atom stereocenters. The van der Waals surface area contributed by atoms with E-state index in [0.717, 1.165) is 58.1 Å². The van der Waals surface area contributed by atoms with Crippen LogP contribution in [0.3, 0.4) is 0 Å². The van der Waals surface area contributed by atoms with Crippen molar-refractivity contribution in [2.45, 2.75) is 52.4 Å². The van der Waals surface area contributed by atoms with Crippen LogP contribution in [0.4, 0.5) is 0 Å². The summed E-state index contributed by atoms with van der Waals surface area (Å²) in [5, 5.41) is 5.01. The van der Waals surface area contributed by atoms with Crippen LogP contribution in [-0.2, 0) is 26.2 Å². The van der Waals surface area contributed by atoms with Crippen molar-refractivity contribution in [3.8, 4) is 67.5 Å². The molecule has 8 aromatic carbocycles. The van der Waals surface area contributed by atoms with Crippen LogP contribution in [0.5, 0.6) is 0 Å². The first kappa shape index (κ1) is 47.1. The molecular formula is C58H50Cl2O2Zr. The smallest absolute Gasteiger partial charge is 1.00 e. The summed E-state index contributed by atoms with van der Waals surface area (Å²) in [7, 11) is 0. The Hall–Kier alpha value is -5.44. The monoisotopic (exact) mass is 938 g/mol. The van der Waals surface area contributed by atoms with Crippen molar-refractivity contribution in [3.63, 3.8) is 0 Å². The number of benzene rings is 6. The standard InChI is InChI=1S/2C29H25O.2ClH.Zr/c2*1-3-20(2)21-12-14-22(15-13-21)26-11-7-10-24-18-25(19-27(24)26)29-17-16-28(30-29)23-8-5-4-6-9-23;;;/h2*4-20H,3H2,1-2H3;2*1H;/q2*-1;;;+4/p-2. The fourth-order valence-corrected chi connectivity index (χ4v) is 8.21. The van der Waals surface area contributed by atoms with E-state index in [1.807, 2.05) is 36.4 Å². The van der Waals surface area contributed by atoms with E-state index in [4.69, 9.17) is 8.83 Å². The van der Waals surface area contributed by atoms with Crippen LogP contribution in [0, 0.1) is 0 Å². The molecule has 10 rings (SSSR count). The van der Waals surface area contributed by atoms with Gasteiger partial charge in [-0.15, -0.1) is 57.9 Å². The van der Waals surface area contributed by atoms with Crippen LogP contribution in [-0.4, -0.2) is 0 Å². The molecule has 0 aliphatic carbocycles. The van der Waals surface area contributed by atoms with E-state index in [1.54, 1.807) is 0 Å². The summed E-state index contributed by atoms with van der Waals surface area (Å²) in [4.78, 5) is 0. The summed E-state index contributed by atoms with van der Waals surface area (Å²) in [6.07, 6.45) is 2.32. The average molecular weight is 941 g/mol. The summed E-state index contributed by atoms with van der Waals surface area (Å²) in [6.45, 7) is 9.05. The van der Waals surface area contributed by atoms with E-state index in [2.05, 4.69) is 185 Å². The molecule has 63 heavy (non-hydrogen) atoms. The Morgan fingerprint density at radius 3 is 1.13 bits per heavy atom. The van der Waals surface area contributed by atoms with E-state index in [1.165, 1.54) is 54.9 Å². The predicted molar refractivity (Wildman–Crippen MR) is 254 cm³/mol. The molecule has 0 saturated heterocycles. The first-order valence-corrected chi connectivity index (χ1v) is 21.4. The molecule has 0 aliphatic rings. The Bertz CT molecular complexity index is 2760. The molecule has 0 radical (unpaired) electrons. The molecule has 0 N–H and O–H groups in total. The zero-order chi connectivity index (χ0) is 41.0. The Balaban J connectivity index is 0.000000200. The van der Waals surface area contributed by atoms with E-state index in [0.29, 0.717) is 11.8 Å². The third-order valence-corrected chi connectivity index (χ3v) is 12.2. The van der Waals surface area contributed by atoms with E-state index in [-0.39, 0.29) is 51.0 Å². The van der Waals surface area contributed by atoms with Crippen LogP contribution in [0.2, 0.25) is 0 Å². The van der Waals surface area contributed by atoms with Gasteiger partial charge in [-0.1, -0.05) is 183 Å². The van der Waals surface area contributed by atoms with Gasteiger partial charge in [-0.25, -0.2) is 0 Å². The fraction of sp³-hybridized carbons (Fsp3) is 0.138. The number of hydrogen-bond acceptors (Lipinski definition) is 2. The zero-order valence-corrected chi connectivity index (χ0v) is 40.1. The second kappa shape index (κ2) is 21.3. The predicted octanol–water partition coefficient (Wildman–Crippen LogP) is 11.3. The topological polar surface area (TPSA) is 26.3 Å². The molecule has 0 amide bonds. The summed E-state index contributed by atoms with van der Waals surface area (Å²) in [5.74, 6) is 4.80. The minimum absolute atomic E-state index is 0. The largest absolute Gasteiger partial charge is 4.00 e. The fourth-order valence-electron chi connectivity index (χ4n) is 8.21. The second-order valence-electron chi connectivity index (χ2n) is 16.0. The molecule has 5 heteroatoms. The van der Waals surface area contributed by atoms with Gasteiger partial charge >= 0.3 is 26.2 Å². The molecule has 0 aliphatic heterocycles. The van der Waals surface area contributed by atoms with Crippen molar-refractivity contribution >= 4 is 21.5 Å². The third-order valence-electron chi connectivity index (χ3n) is 12.2. The number of halogens is 2. The molecular weight excluding hydrogens is 891 g/mol. The maximum atomic E-state index is 6.19. The Kier molecular flexibility index (Phi) is 15.9.